The lowest BCUT2D eigenvalue weighted by Gasteiger charge is -2.12. The molecule has 0 unspecified atom stereocenters. The lowest BCUT2D eigenvalue weighted by Crippen LogP contribution is -2.01. The number of hydrogen-bond donors (Lipinski definition) is 1. The molecule has 0 heterocycles. The molecule has 0 saturated heterocycles. The fourth-order valence-corrected chi connectivity index (χ4v) is 3.88. The molecular formula is C16H16O3S2. The number of hydrogen-bond acceptors (Lipinski definition) is 4. The van der Waals surface area contributed by atoms with Gasteiger partial charge in [-0.05, 0) is 30.0 Å². The van der Waals surface area contributed by atoms with Gasteiger partial charge in [0.15, 0.2) is 0 Å². The molecule has 0 amide bonds. The Labute approximate surface area is 132 Å². The van der Waals surface area contributed by atoms with E-state index in [1.54, 1.807) is 7.11 Å². The number of para-hydroxylation sites is 1. The van der Waals surface area contributed by atoms with Crippen LogP contribution in [0.1, 0.15) is 17.3 Å². The standard InChI is InChI=1S/C16H16O3S2/c1-3-20-13-9-6-10-14(15(13)16(17)18)21-12-8-5-4-7-11(12)19-2/h4-10H,3H2,1-2H3,(H,17,18). The molecule has 0 fully saturated rings. The van der Waals surface area contributed by atoms with Crippen molar-refractivity contribution in [3.05, 3.63) is 48.0 Å². The molecule has 0 bridgehead atoms. The quantitative estimate of drug-likeness (QED) is 0.785. The Balaban J connectivity index is 2.44. The summed E-state index contributed by atoms with van der Waals surface area (Å²) in [5.41, 5.74) is 0.361. The van der Waals surface area contributed by atoms with Crippen molar-refractivity contribution < 1.29 is 14.6 Å². The number of rotatable bonds is 6. The van der Waals surface area contributed by atoms with Crippen molar-refractivity contribution in [2.45, 2.75) is 21.6 Å². The molecule has 5 heteroatoms. The van der Waals surface area contributed by atoms with Crippen LogP contribution in [0.5, 0.6) is 5.75 Å². The van der Waals surface area contributed by atoms with E-state index in [1.165, 1.54) is 23.5 Å². The summed E-state index contributed by atoms with van der Waals surface area (Å²) in [6.07, 6.45) is 0. The molecule has 0 radical (unpaired) electrons. The van der Waals surface area contributed by atoms with Crippen molar-refractivity contribution >= 4 is 29.5 Å². The second kappa shape index (κ2) is 7.43. The lowest BCUT2D eigenvalue weighted by molar-refractivity contribution is 0.0689. The third kappa shape index (κ3) is 3.74. The van der Waals surface area contributed by atoms with E-state index in [0.29, 0.717) is 5.56 Å². The minimum absolute atomic E-state index is 0.361. The van der Waals surface area contributed by atoms with E-state index in [4.69, 9.17) is 4.74 Å². The van der Waals surface area contributed by atoms with Crippen molar-refractivity contribution in [3.63, 3.8) is 0 Å². The summed E-state index contributed by atoms with van der Waals surface area (Å²) in [5.74, 6) is 0.680. The van der Waals surface area contributed by atoms with Gasteiger partial charge in [-0.25, -0.2) is 4.79 Å². The van der Waals surface area contributed by atoms with Crippen LogP contribution in [0.2, 0.25) is 0 Å². The van der Waals surface area contributed by atoms with Crippen LogP contribution in [0.15, 0.2) is 57.2 Å². The molecule has 3 nitrogen and oxygen atoms in total. The minimum atomic E-state index is -0.899. The van der Waals surface area contributed by atoms with Gasteiger partial charge < -0.3 is 9.84 Å². The Morgan fingerprint density at radius 2 is 1.76 bits per heavy atom. The highest BCUT2D eigenvalue weighted by Crippen LogP contribution is 2.39. The molecule has 110 valence electrons. The maximum Gasteiger partial charge on any atom is 0.337 e. The van der Waals surface area contributed by atoms with Gasteiger partial charge in [0.05, 0.1) is 17.6 Å². The monoisotopic (exact) mass is 320 g/mol. The van der Waals surface area contributed by atoms with Crippen molar-refractivity contribution in [3.8, 4) is 5.75 Å². The number of carbonyl (C=O) groups is 1. The van der Waals surface area contributed by atoms with E-state index in [0.717, 1.165) is 26.2 Å². The molecular weight excluding hydrogens is 304 g/mol. The second-order valence-electron chi connectivity index (χ2n) is 4.12. The predicted octanol–water partition coefficient (Wildman–Crippen LogP) is 4.66. The normalized spacial score (nSPS) is 10.4. The first-order chi connectivity index (χ1) is 10.2. The zero-order valence-corrected chi connectivity index (χ0v) is 13.5. The zero-order valence-electron chi connectivity index (χ0n) is 11.8. The molecule has 2 rings (SSSR count). The van der Waals surface area contributed by atoms with Gasteiger partial charge in [0, 0.05) is 9.79 Å². The number of ether oxygens (including phenoxy) is 1. The summed E-state index contributed by atoms with van der Waals surface area (Å²) in [5, 5.41) is 9.52. The van der Waals surface area contributed by atoms with Crippen LogP contribution in [0.25, 0.3) is 0 Å². The first-order valence-corrected chi connectivity index (χ1v) is 8.27. The van der Waals surface area contributed by atoms with Crippen LogP contribution < -0.4 is 4.74 Å². The van der Waals surface area contributed by atoms with Crippen molar-refractivity contribution in [1.82, 2.24) is 0 Å². The highest BCUT2D eigenvalue weighted by molar-refractivity contribution is 8.00. The van der Waals surface area contributed by atoms with Crippen LogP contribution >= 0.6 is 23.5 Å². The topological polar surface area (TPSA) is 46.5 Å². The Morgan fingerprint density at radius 1 is 1.10 bits per heavy atom. The third-order valence-electron chi connectivity index (χ3n) is 2.79. The van der Waals surface area contributed by atoms with Crippen LogP contribution in [0, 0.1) is 0 Å². The fraction of sp³-hybridized carbons (Fsp3) is 0.188. The van der Waals surface area contributed by atoms with Gasteiger partial charge in [-0.3, -0.25) is 0 Å². The summed E-state index contributed by atoms with van der Waals surface area (Å²) >= 11 is 2.95. The van der Waals surface area contributed by atoms with E-state index >= 15 is 0 Å². The average molecular weight is 320 g/mol. The number of methoxy groups -OCH3 is 1. The Kier molecular flexibility index (Phi) is 5.59. The van der Waals surface area contributed by atoms with E-state index < -0.39 is 5.97 Å². The minimum Gasteiger partial charge on any atom is -0.496 e. The molecule has 0 aliphatic rings. The Hall–Kier alpha value is -1.59. The van der Waals surface area contributed by atoms with E-state index in [9.17, 15) is 9.90 Å². The van der Waals surface area contributed by atoms with Gasteiger partial charge >= 0.3 is 5.97 Å². The lowest BCUT2D eigenvalue weighted by atomic mass is 10.2. The smallest absolute Gasteiger partial charge is 0.337 e. The van der Waals surface area contributed by atoms with Gasteiger partial charge in [0.1, 0.15) is 5.75 Å². The van der Waals surface area contributed by atoms with Crippen LogP contribution in [0.4, 0.5) is 0 Å². The maximum absolute atomic E-state index is 11.6. The van der Waals surface area contributed by atoms with E-state index in [-0.39, 0.29) is 0 Å². The Morgan fingerprint density at radius 3 is 2.43 bits per heavy atom. The van der Waals surface area contributed by atoms with Crippen LogP contribution in [-0.2, 0) is 0 Å². The summed E-state index contributed by atoms with van der Waals surface area (Å²) in [4.78, 5) is 14.0. The van der Waals surface area contributed by atoms with Crippen molar-refractivity contribution in [2.24, 2.45) is 0 Å². The van der Waals surface area contributed by atoms with E-state index in [1.807, 2.05) is 49.4 Å². The maximum atomic E-state index is 11.6. The fourth-order valence-electron chi connectivity index (χ4n) is 1.90. The number of carboxylic acids is 1. The third-order valence-corrected chi connectivity index (χ3v) is 4.85. The molecule has 2 aromatic rings. The van der Waals surface area contributed by atoms with E-state index in [2.05, 4.69) is 0 Å². The average Bonchev–Trinajstić information content (AvgIpc) is 2.48. The van der Waals surface area contributed by atoms with Gasteiger partial charge in [0.2, 0.25) is 0 Å². The van der Waals surface area contributed by atoms with Gasteiger partial charge in [-0.2, -0.15) is 0 Å². The number of aromatic carboxylic acids is 1. The largest absolute Gasteiger partial charge is 0.496 e. The molecule has 0 aliphatic carbocycles. The molecule has 1 N–H and O–H groups in total. The summed E-state index contributed by atoms with van der Waals surface area (Å²) in [6.45, 7) is 2.01. The van der Waals surface area contributed by atoms with Crippen LogP contribution in [-0.4, -0.2) is 23.9 Å². The molecule has 0 aromatic heterocycles. The zero-order chi connectivity index (χ0) is 15.2. The molecule has 2 aromatic carbocycles. The van der Waals surface area contributed by atoms with Gasteiger partial charge in [-0.1, -0.05) is 36.9 Å². The number of thioether (sulfide) groups is 1. The summed E-state index contributed by atoms with van der Waals surface area (Å²) < 4.78 is 5.32. The number of benzene rings is 2. The highest BCUT2D eigenvalue weighted by Gasteiger charge is 2.17. The van der Waals surface area contributed by atoms with Crippen LogP contribution in [0.3, 0.4) is 0 Å². The predicted molar refractivity (Wildman–Crippen MR) is 86.9 cm³/mol. The SMILES string of the molecule is CCSc1cccc(Sc2ccccc2OC)c1C(=O)O. The van der Waals surface area contributed by atoms with Crippen molar-refractivity contribution in [2.75, 3.05) is 12.9 Å². The highest BCUT2D eigenvalue weighted by atomic mass is 32.2. The first kappa shape index (κ1) is 15.8. The number of carboxylic acid groups (broad SMARTS) is 1. The summed E-state index contributed by atoms with van der Waals surface area (Å²) in [6, 6.07) is 13.2. The summed E-state index contributed by atoms with van der Waals surface area (Å²) in [7, 11) is 1.61. The molecule has 0 spiro atoms. The molecule has 0 saturated carbocycles. The van der Waals surface area contributed by atoms with Gasteiger partial charge in [-0.15, -0.1) is 11.8 Å². The second-order valence-corrected chi connectivity index (χ2v) is 6.51. The molecule has 0 atom stereocenters. The first-order valence-electron chi connectivity index (χ1n) is 6.47. The molecule has 21 heavy (non-hydrogen) atoms. The van der Waals surface area contributed by atoms with Gasteiger partial charge in [0.25, 0.3) is 0 Å². The molecule has 0 aliphatic heterocycles. The van der Waals surface area contributed by atoms with Crippen molar-refractivity contribution in [1.29, 1.82) is 0 Å². The Bertz CT molecular complexity index is 641.